The third-order valence-corrected chi connectivity index (χ3v) is 3.00. The van der Waals surface area contributed by atoms with Gasteiger partial charge in [-0.05, 0) is 31.7 Å². The van der Waals surface area contributed by atoms with E-state index in [0.717, 1.165) is 6.54 Å². The van der Waals surface area contributed by atoms with Gasteiger partial charge in [-0.1, -0.05) is 13.0 Å². The van der Waals surface area contributed by atoms with Crippen molar-refractivity contribution in [1.29, 1.82) is 5.26 Å². The van der Waals surface area contributed by atoms with Crippen LogP contribution in [0.3, 0.4) is 0 Å². The third-order valence-electron chi connectivity index (χ3n) is 3.00. The van der Waals surface area contributed by atoms with Crippen molar-refractivity contribution in [1.82, 2.24) is 4.90 Å². The Labute approximate surface area is 114 Å². The number of rotatable bonds is 6. The molecule has 0 aliphatic heterocycles. The molecule has 0 aliphatic carbocycles. The number of benzene rings is 1. The van der Waals surface area contributed by atoms with Crippen molar-refractivity contribution < 1.29 is 4.79 Å². The summed E-state index contributed by atoms with van der Waals surface area (Å²) in [6.07, 6.45) is 0.420. The predicted molar refractivity (Wildman–Crippen MR) is 76.4 cm³/mol. The number of nitrogen functional groups attached to an aromatic ring is 1. The van der Waals surface area contributed by atoms with Gasteiger partial charge in [0, 0.05) is 24.3 Å². The first-order chi connectivity index (χ1) is 9.08. The minimum atomic E-state index is -0.278. The van der Waals surface area contributed by atoms with Crippen molar-refractivity contribution in [2.75, 3.05) is 24.1 Å². The lowest BCUT2D eigenvalue weighted by atomic mass is 10.2. The van der Waals surface area contributed by atoms with E-state index in [1.54, 1.807) is 24.3 Å². The zero-order valence-corrected chi connectivity index (χ0v) is 11.4. The van der Waals surface area contributed by atoms with Gasteiger partial charge in [0.05, 0.1) is 12.1 Å². The summed E-state index contributed by atoms with van der Waals surface area (Å²) in [5.41, 5.74) is 6.97. The van der Waals surface area contributed by atoms with Gasteiger partial charge in [0.25, 0.3) is 0 Å². The summed E-state index contributed by atoms with van der Waals surface area (Å²) < 4.78 is 0. The van der Waals surface area contributed by atoms with E-state index in [0.29, 0.717) is 24.3 Å². The fourth-order valence-corrected chi connectivity index (χ4v) is 1.85. The van der Waals surface area contributed by atoms with Gasteiger partial charge in [-0.3, -0.25) is 9.69 Å². The second-order valence-electron chi connectivity index (χ2n) is 4.33. The maximum atomic E-state index is 12.1. The highest BCUT2D eigenvalue weighted by molar-refractivity contribution is 5.94. The Kier molecular flexibility index (Phi) is 5.83. The van der Waals surface area contributed by atoms with Crippen molar-refractivity contribution in [3.05, 3.63) is 24.3 Å². The van der Waals surface area contributed by atoms with Crippen LogP contribution < -0.4 is 11.1 Å². The van der Waals surface area contributed by atoms with E-state index in [1.807, 2.05) is 18.7 Å². The molecule has 1 aromatic carbocycles. The van der Waals surface area contributed by atoms with Gasteiger partial charge in [0.1, 0.15) is 0 Å². The number of hydrogen-bond acceptors (Lipinski definition) is 4. The second-order valence-corrected chi connectivity index (χ2v) is 4.33. The molecule has 102 valence electrons. The Balaban J connectivity index is 2.63. The quantitative estimate of drug-likeness (QED) is 0.764. The van der Waals surface area contributed by atoms with Gasteiger partial charge in [0.2, 0.25) is 5.91 Å². The zero-order chi connectivity index (χ0) is 14.3. The maximum Gasteiger partial charge on any atom is 0.241 e. The molecule has 0 spiro atoms. The first kappa shape index (κ1) is 15.0. The summed E-state index contributed by atoms with van der Waals surface area (Å²) in [4.78, 5) is 14.1. The highest BCUT2D eigenvalue weighted by Crippen LogP contribution is 2.13. The fraction of sp³-hybridized carbons (Fsp3) is 0.429. The van der Waals surface area contributed by atoms with E-state index in [9.17, 15) is 4.79 Å². The molecule has 5 nitrogen and oxygen atoms in total. The van der Waals surface area contributed by atoms with Crippen LogP contribution in [0.5, 0.6) is 0 Å². The molecule has 0 saturated carbocycles. The normalized spacial score (nSPS) is 11.9. The summed E-state index contributed by atoms with van der Waals surface area (Å²) in [7, 11) is 0. The summed E-state index contributed by atoms with van der Waals surface area (Å²) in [6, 6.07) is 8.89. The van der Waals surface area contributed by atoms with Crippen LogP contribution in [0, 0.1) is 11.3 Å². The standard InChI is InChI=1S/C14H20N4O/c1-3-18(9-5-8-15)11(2)14(19)17-13-7-4-6-12(16)10-13/h4,6-7,10-11H,3,5,9,16H2,1-2H3,(H,17,19). The molecule has 0 fully saturated rings. The maximum absolute atomic E-state index is 12.1. The molecule has 1 aromatic rings. The van der Waals surface area contributed by atoms with E-state index in [2.05, 4.69) is 11.4 Å². The number of nitrogens with zero attached hydrogens (tertiary/aromatic N) is 2. The van der Waals surface area contributed by atoms with Crippen molar-refractivity contribution in [2.24, 2.45) is 0 Å². The number of nitrogens with two attached hydrogens (primary N) is 1. The molecule has 1 rings (SSSR count). The zero-order valence-electron chi connectivity index (χ0n) is 11.4. The van der Waals surface area contributed by atoms with E-state index < -0.39 is 0 Å². The molecule has 1 unspecified atom stereocenters. The number of carbonyl (C=O) groups is 1. The number of nitriles is 1. The molecule has 0 aliphatic rings. The summed E-state index contributed by atoms with van der Waals surface area (Å²) in [5, 5.41) is 11.4. The molecule has 5 heteroatoms. The molecule has 0 heterocycles. The minimum Gasteiger partial charge on any atom is -0.399 e. The molecule has 0 radical (unpaired) electrons. The summed E-state index contributed by atoms with van der Waals surface area (Å²) >= 11 is 0. The summed E-state index contributed by atoms with van der Waals surface area (Å²) in [6.45, 7) is 5.13. The lowest BCUT2D eigenvalue weighted by molar-refractivity contribution is -0.120. The first-order valence-corrected chi connectivity index (χ1v) is 6.36. The Bertz CT molecular complexity index is 467. The van der Waals surface area contributed by atoms with Crippen LogP contribution in [0.25, 0.3) is 0 Å². The molecule has 0 saturated heterocycles. The van der Waals surface area contributed by atoms with Crippen molar-refractivity contribution in [3.63, 3.8) is 0 Å². The topological polar surface area (TPSA) is 82.2 Å². The number of hydrogen-bond donors (Lipinski definition) is 2. The smallest absolute Gasteiger partial charge is 0.241 e. The van der Waals surface area contributed by atoms with Crippen LogP contribution in [0.1, 0.15) is 20.3 Å². The number of carbonyl (C=O) groups excluding carboxylic acids is 1. The van der Waals surface area contributed by atoms with Crippen LogP contribution in [-0.2, 0) is 4.79 Å². The predicted octanol–water partition coefficient (Wildman–Crippen LogP) is 1.83. The van der Waals surface area contributed by atoms with Gasteiger partial charge in [-0.25, -0.2) is 0 Å². The van der Waals surface area contributed by atoms with E-state index in [1.165, 1.54) is 0 Å². The van der Waals surface area contributed by atoms with Crippen LogP contribution in [0.15, 0.2) is 24.3 Å². The Morgan fingerprint density at radius 1 is 1.58 bits per heavy atom. The fourth-order valence-electron chi connectivity index (χ4n) is 1.85. The highest BCUT2D eigenvalue weighted by Gasteiger charge is 2.19. The van der Waals surface area contributed by atoms with Gasteiger partial charge in [-0.2, -0.15) is 5.26 Å². The van der Waals surface area contributed by atoms with Crippen molar-refractivity contribution in [2.45, 2.75) is 26.3 Å². The third kappa shape index (κ3) is 4.60. The van der Waals surface area contributed by atoms with Crippen LogP contribution in [-0.4, -0.2) is 29.9 Å². The summed E-state index contributed by atoms with van der Waals surface area (Å²) in [5.74, 6) is -0.0922. The molecule has 0 bridgehead atoms. The number of nitrogens with one attached hydrogen (secondary N) is 1. The van der Waals surface area contributed by atoms with Crippen molar-refractivity contribution in [3.8, 4) is 6.07 Å². The molecule has 1 atom stereocenters. The molecular formula is C14H20N4O. The average molecular weight is 260 g/mol. The Morgan fingerprint density at radius 2 is 2.32 bits per heavy atom. The largest absolute Gasteiger partial charge is 0.399 e. The molecule has 3 N–H and O–H groups in total. The SMILES string of the molecule is CCN(CCC#N)C(C)C(=O)Nc1cccc(N)c1. The van der Waals surface area contributed by atoms with E-state index in [-0.39, 0.29) is 11.9 Å². The number of likely N-dealkylation sites (N-methyl/N-ethyl adjacent to an activating group) is 1. The lowest BCUT2D eigenvalue weighted by Gasteiger charge is -2.25. The van der Waals surface area contributed by atoms with Gasteiger partial charge >= 0.3 is 0 Å². The average Bonchev–Trinajstić information content (AvgIpc) is 2.39. The van der Waals surface area contributed by atoms with Gasteiger partial charge in [0.15, 0.2) is 0 Å². The van der Waals surface area contributed by atoms with Crippen LogP contribution in [0.4, 0.5) is 11.4 Å². The van der Waals surface area contributed by atoms with Gasteiger partial charge in [-0.15, -0.1) is 0 Å². The van der Waals surface area contributed by atoms with Crippen molar-refractivity contribution >= 4 is 17.3 Å². The second kappa shape index (κ2) is 7.39. The Hall–Kier alpha value is -2.06. The van der Waals surface area contributed by atoms with Crippen LogP contribution >= 0.6 is 0 Å². The number of amides is 1. The molecular weight excluding hydrogens is 240 g/mol. The molecule has 1 amide bonds. The van der Waals surface area contributed by atoms with Crippen LogP contribution in [0.2, 0.25) is 0 Å². The Morgan fingerprint density at radius 3 is 2.89 bits per heavy atom. The van der Waals surface area contributed by atoms with Gasteiger partial charge < -0.3 is 11.1 Å². The van der Waals surface area contributed by atoms with E-state index >= 15 is 0 Å². The molecule has 0 aromatic heterocycles. The lowest BCUT2D eigenvalue weighted by Crippen LogP contribution is -2.42. The molecule has 19 heavy (non-hydrogen) atoms. The highest BCUT2D eigenvalue weighted by atomic mass is 16.2. The minimum absolute atomic E-state index is 0.0922. The number of anilines is 2. The first-order valence-electron chi connectivity index (χ1n) is 6.36. The van der Waals surface area contributed by atoms with E-state index in [4.69, 9.17) is 11.0 Å². The monoisotopic (exact) mass is 260 g/mol.